The Kier molecular flexibility index (Phi) is 7.02. The lowest BCUT2D eigenvalue weighted by molar-refractivity contribution is -0.155. The Bertz CT molecular complexity index is 414. The van der Waals surface area contributed by atoms with Gasteiger partial charge in [-0.3, -0.25) is 19.2 Å². The molecule has 8 heteroatoms. The van der Waals surface area contributed by atoms with Crippen molar-refractivity contribution in [3.05, 3.63) is 0 Å². The summed E-state index contributed by atoms with van der Waals surface area (Å²) < 4.78 is 0. The monoisotopic (exact) mass is 316 g/mol. The number of carbonyl (C=O) groups excluding carboxylic acids is 2. The molecule has 22 heavy (non-hydrogen) atoms. The predicted molar refractivity (Wildman–Crippen MR) is 78.1 cm³/mol. The zero-order valence-electron chi connectivity index (χ0n) is 13.4. The topological polar surface area (TPSA) is 133 Å². The van der Waals surface area contributed by atoms with Gasteiger partial charge >= 0.3 is 11.9 Å². The zero-order chi connectivity index (χ0) is 17.6. The number of unbranched alkanes of at least 4 members (excludes halogenated alkanes) is 1. The Labute approximate surface area is 129 Å². The summed E-state index contributed by atoms with van der Waals surface area (Å²) in [6.45, 7) is 5.84. The van der Waals surface area contributed by atoms with Crippen molar-refractivity contribution in [1.82, 2.24) is 10.6 Å². The molecule has 0 aromatic carbocycles. The van der Waals surface area contributed by atoms with Crippen LogP contribution in [0.25, 0.3) is 0 Å². The van der Waals surface area contributed by atoms with Gasteiger partial charge in [0.1, 0.15) is 10.8 Å². The van der Waals surface area contributed by atoms with Crippen molar-refractivity contribution in [3.63, 3.8) is 0 Å². The molecule has 0 radical (unpaired) electrons. The number of hydrogen-bond acceptors (Lipinski definition) is 4. The lowest BCUT2D eigenvalue weighted by Gasteiger charge is -2.19. The summed E-state index contributed by atoms with van der Waals surface area (Å²) >= 11 is 0. The van der Waals surface area contributed by atoms with Crippen LogP contribution >= 0.6 is 0 Å². The minimum atomic E-state index is -1.49. The molecular formula is C14H24N2O6. The molecule has 0 aliphatic heterocycles. The van der Waals surface area contributed by atoms with E-state index in [1.54, 1.807) is 0 Å². The van der Waals surface area contributed by atoms with E-state index in [0.717, 1.165) is 0 Å². The Balaban J connectivity index is 3.98. The molecule has 0 aliphatic rings. The Hall–Kier alpha value is -2.12. The number of carboxylic acids is 2. The largest absolute Gasteiger partial charge is 0.480 e. The fraction of sp³-hybridized carbons (Fsp3) is 0.714. The molecule has 0 aliphatic carbocycles. The van der Waals surface area contributed by atoms with Crippen LogP contribution in [0, 0.1) is 10.8 Å². The van der Waals surface area contributed by atoms with E-state index in [2.05, 4.69) is 10.6 Å². The molecule has 0 heterocycles. The summed E-state index contributed by atoms with van der Waals surface area (Å²) in [5.74, 6) is -3.55. The second-order valence-corrected chi connectivity index (χ2v) is 6.08. The van der Waals surface area contributed by atoms with Crippen LogP contribution in [0.2, 0.25) is 0 Å². The number of nitrogens with one attached hydrogen (secondary N) is 2. The van der Waals surface area contributed by atoms with E-state index in [1.165, 1.54) is 27.7 Å². The number of carboxylic acid groups (broad SMARTS) is 2. The molecule has 126 valence electrons. The highest BCUT2D eigenvalue weighted by Gasteiger charge is 2.36. The maximum atomic E-state index is 11.6. The standard InChI is InChI=1S/C14H24N2O6/c1-13(2,11(19)20)9(17)15-7-5-6-8-16-10(18)14(3,4)12(21)22/h5-8H2,1-4H3,(H,15,17)(H,16,18)(H,19,20)(H,21,22). The smallest absolute Gasteiger partial charge is 0.318 e. The number of hydrogen-bond donors (Lipinski definition) is 4. The first-order valence-electron chi connectivity index (χ1n) is 6.97. The Morgan fingerprint density at radius 3 is 1.23 bits per heavy atom. The quantitative estimate of drug-likeness (QED) is 0.355. The van der Waals surface area contributed by atoms with Crippen LogP contribution in [0.5, 0.6) is 0 Å². The number of aliphatic carboxylic acids is 2. The van der Waals surface area contributed by atoms with Crippen LogP contribution in [0.4, 0.5) is 0 Å². The van der Waals surface area contributed by atoms with Gasteiger partial charge < -0.3 is 20.8 Å². The van der Waals surface area contributed by atoms with E-state index in [9.17, 15) is 19.2 Å². The van der Waals surface area contributed by atoms with E-state index in [-0.39, 0.29) is 13.1 Å². The maximum Gasteiger partial charge on any atom is 0.318 e. The van der Waals surface area contributed by atoms with Gasteiger partial charge in [0.2, 0.25) is 11.8 Å². The summed E-state index contributed by atoms with van der Waals surface area (Å²) in [5.41, 5.74) is -2.97. The third kappa shape index (κ3) is 5.34. The molecule has 8 nitrogen and oxygen atoms in total. The minimum Gasteiger partial charge on any atom is -0.480 e. The summed E-state index contributed by atoms with van der Waals surface area (Å²) in [4.78, 5) is 45.0. The highest BCUT2D eigenvalue weighted by atomic mass is 16.4. The number of amides is 2. The van der Waals surface area contributed by atoms with Crippen molar-refractivity contribution in [3.8, 4) is 0 Å². The van der Waals surface area contributed by atoms with Crippen LogP contribution in [-0.4, -0.2) is 47.1 Å². The van der Waals surface area contributed by atoms with Crippen LogP contribution < -0.4 is 10.6 Å². The molecular weight excluding hydrogens is 292 g/mol. The van der Waals surface area contributed by atoms with Gasteiger partial charge in [-0.15, -0.1) is 0 Å². The molecule has 0 aromatic rings. The summed E-state index contributed by atoms with van der Waals surface area (Å²) in [7, 11) is 0. The Morgan fingerprint density at radius 2 is 1.00 bits per heavy atom. The minimum absolute atomic E-state index is 0.285. The fourth-order valence-corrected chi connectivity index (χ4v) is 1.29. The van der Waals surface area contributed by atoms with Crippen molar-refractivity contribution < 1.29 is 29.4 Å². The van der Waals surface area contributed by atoms with Gasteiger partial charge in [-0.25, -0.2) is 0 Å². The third-order valence-electron chi connectivity index (χ3n) is 3.38. The van der Waals surface area contributed by atoms with E-state index in [4.69, 9.17) is 10.2 Å². The van der Waals surface area contributed by atoms with Gasteiger partial charge in [0, 0.05) is 13.1 Å². The lowest BCUT2D eigenvalue weighted by Crippen LogP contribution is -2.43. The van der Waals surface area contributed by atoms with Crippen molar-refractivity contribution in [2.45, 2.75) is 40.5 Å². The SMILES string of the molecule is CC(C)(C(=O)O)C(=O)NCCCCNC(=O)C(C)(C)C(=O)O. The van der Waals surface area contributed by atoms with Gasteiger partial charge in [0.15, 0.2) is 0 Å². The predicted octanol–water partition coefficient (Wildman–Crippen LogP) is 0.221. The van der Waals surface area contributed by atoms with Crippen molar-refractivity contribution in [2.75, 3.05) is 13.1 Å². The normalized spacial score (nSPS) is 11.6. The molecule has 0 saturated carbocycles. The van der Waals surface area contributed by atoms with E-state index >= 15 is 0 Å². The zero-order valence-corrected chi connectivity index (χ0v) is 13.4. The molecule has 2 amide bonds. The van der Waals surface area contributed by atoms with Crippen LogP contribution in [0.1, 0.15) is 40.5 Å². The van der Waals surface area contributed by atoms with Gasteiger partial charge in [0.25, 0.3) is 0 Å². The summed E-state index contributed by atoms with van der Waals surface area (Å²) in [6, 6.07) is 0. The second-order valence-electron chi connectivity index (χ2n) is 6.08. The molecule has 0 unspecified atom stereocenters. The third-order valence-corrected chi connectivity index (χ3v) is 3.38. The molecule has 0 fully saturated rings. The fourth-order valence-electron chi connectivity index (χ4n) is 1.29. The van der Waals surface area contributed by atoms with Crippen molar-refractivity contribution in [1.29, 1.82) is 0 Å². The highest BCUT2D eigenvalue weighted by Crippen LogP contribution is 2.15. The highest BCUT2D eigenvalue weighted by molar-refractivity contribution is 6.01. The first-order chi connectivity index (χ1) is 9.94. The second kappa shape index (κ2) is 7.77. The van der Waals surface area contributed by atoms with Crippen LogP contribution in [0.15, 0.2) is 0 Å². The molecule has 0 aromatic heterocycles. The molecule has 0 atom stereocenters. The van der Waals surface area contributed by atoms with E-state index in [1.807, 2.05) is 0 Å². The van der Waals surface area contributed by atoms with Gasteiger partial charge in [-0.2, -0.15) is 0 Å². The average molecular weight is 316 g/mol. The van der Waals surface area contributed by atoms with Crippen molar-refractivity contribution in [2.24, 2.45) is 10.8 Å². The van der Waals surface area contributed by atoms with E-state index in [0.29, 0.717) is 12.8 Å². The molecule has 4 N–H and O–H groups in total. The molecule has 0 saturated heterocycles. The van der Waals surface area contributed by atoms with Gasteiger partial charge in [-0.1, -0.05) is 0 Å². The number of carbonyl (C=O) groups is 4. The molecule has 0 rings (SSSR count). The Morgan fingerprint density at radius 1 is 0.727 bits per heavy atom. The van der Waals surface area contributed by atoms with Gasteiger partial charge in [0.05, 0.1) is 0 Å². The van der Waals surface area contributed by atoms with Crippen LogP contribution in [-0.2, 0) is 19.2 Å². The van der Waals surface area contributed by atoms with Crippen LogP contribution in [0.3, 0.4) is 0 Å². The molecule has 0 spiro atoms. The van der Waals surface area contributed by atoms with Crippen molar-refractivity contribution >= 4 is 23.8 Å². The first-order valence-corrected chi connectivity index (χ1v) is 6.97. The summed E-state index contributed by atoms with van der Waals surface area (Å²) in [6.07, 6.45) is 1.07. The lowest BCUT2D eigenvalue weighted by atomic mass is 9.92. The average Bonchev–Trinajstić information content (AvgIpc) is 2.41. The van der Waals surface area contributed by atoms with Gasteiger partial charge in [-0.05, 0) is 40.5 Å². The van der Waals surface area contributed by atoms with E-state index < -0.39 is 34.6 Å². The first kappa shape index (κ1) is 19.9. The molecule has 0 bridgehead atoms. The maximum absolute atomic E-state index is 11.6. The number of rotatable bonds is 9. The summed E-state index contributed by atoms with van der Waals surface area (Å²) in [5, 5.41) is 22.8.